The summed E-state index contributed by atoms with van der Waals surface area (Å²) >= 11 is 7.07. The summed E-state index contributed by atoms with van der Waals surface area (Å²) in [5.41, 5.74) is 0.572. The second-order valence-corrected chi connectivity index (χ2v) is 5.88. The van der Waals surface area contributed by atoms with Gasteiger partial charge >= 0.3 is 5.97 Å². The number of amides is 1. The minimum Gasteiger partial charge on any atom is -0.465 e. The second-order valence-electron chi connectivity index (χ2n) is 4.45. The zero-order valence-corrected chi connectivity index (χ0v) is 13.7. The number of hydrogen-bond donors (Lipinski definition) is 1. The number of hydrogen-bond acceptors (Lipinski definition) is 4. The van der Waals surface area contributed by atoms with E-state index < -0.39 is 5.97 Å². The molecule has 2 aromatic rings. The normalized spacial score (nSPS) is 10.2. The third kappa shape index (κ3) is 4.71. The maximum Gasteiger partial charge on any atom is 0.337 e. The number of esters is 1. The Bertz CT molecular complexity index is 739. The van der Waals surface area contributed by atoms with E-state index in [1.807, 2.05) is 0 Å². The van der Waals surface area contributed by atoms with Crippen molar-refractivity contribution in [3.8, 4) is 0 Å². The third-order valence-electron chi connectivity index (χ3n) is 2.86. The Morgan fingerprint density at radius 1 is 1.26 bits per heavy atom. The minimum absolute atomic E-state index is 0.0136. The molecule has 7 heteroatoms. The van der Waals surface area contributed by atoms with Crippen molar-refractivity contribution in [1.29, 1.82) is 0 Å². The summed E-state index contributed by atoms with van der Waals surface area (Å²) in [6.07, 6.45) is 0. The monoisotopic (exact) mass is 353 g/mol. The average molecular weight is 354 g/mol. The van der Waals surface area contributed by atoms with E-state index in [0.717, 1.165) is 11.8 Å². The zero-order chi connectivity index (χ0) is 16.8. The summed E-state index contributed by atoms with van der Waals surface area (Å²) in [6, 6.07) is 10.6. The summed E-state index contributed by atoms with van der Waals surface area (Å²) in [5.74, 6) is -1.25. The lowest BCUT2D eigenvalue weighted by Crippen LogP contribution is -2.15. The van der Waals surface area contributed by atoms with Crippen LogP contribution in [0.1, 0.15) is 10.4 Å². The molecule has 2 aromatic carbocycles. The molecule has 0 unspecified atom stereocenters. The largest absolute Gasteiger partial charge is 0.465 e. The number of carbonyl (C=O) groups excluding carboxylic acids is 2. The van der Waals surface area contributed by atoms with Crippen molar-refractivity contribution in [2.24, 2.45) is 0 Å². The number of carbonyl (C=O) groups is 2. The molecular weight excluding hydrogens is 341 g/mol. The summed E-state index contributed by atoms with van der Waals surface area (Å²) < 4.78 is 18.1. The Labute approximate surface area is 142 Å². The molecule has 0 heterocycles. The van der Waals surface area contributed by atoms with Gasteiger partial charge in [-0.2, -0.15) is 0 Å². The van der Waals surface area contributed by atoms with Crippen molar-refractivity contribution < 1.29 is 18.7 Å². The van der Waals surface area contributed by atoms with E-state index in [2.05, 4.69) is 10.1 Å². The molecule has 4 nitrogen and oxygen atoms in total. The molecule has 1 amide bonds. The smallest absolute Gasteiger partial charge is 0.337 e. The molecule has 0 aliphatic heterocycles. The van der Waals surface area contributed by atoms with E-state index in [1.54, 1.807) is 18.2 Å². The van der Waals surface area contributed by atoms with Crippen LogP contribution in [0.4, 0.5) is 10.1 Å². The van der Waals surface area contributed by atoms with Gasteiger partial charge in [0.25, 0.3) is 0 Å². The fourth-order valence-corrected chi connectivity index (χ4v) is 2.66. The van der Waals surface area contributed by atoms with Crippen molar-refractivity contribution in [2.75, 3.05) is 18.2 Å². The quantitative estimate of drug-likeness (QED) is 0.652. The molecule has 0 radical (unpaired) electrons. The highest BCUT2D eigenvalue weighted by atomic mass is 35.5. The van der Waals surface area contributed by atoms with Crippen molar-refractivity contribution >= 4 is 40.9 Å². The van der Waals surface area contributed by atoms with E-state index >= 15 is 0 Å². The Hall–Kier alpha value is -2.05. The lowest BCUT2D eigenvalue weighted by atomic mass is 10.2. The number of rotatable bonds is 5. The molecular formula is C16H13ClFNO3S. The molecule has 120 valence electrons. The van der Waals surface area contributed by atoms with Crippen LogP contribution in [0, 0.1) is 5.82 Å². The van der Waals surface area contributed by atoms with Crippen LogP contribution in [-0.2, 0) is 9.53 Å². The summed E-state index contributed by atoms with van der Waals surface area (Å²) in [7, 11) is 1.26. The van der Waals surface area contributed by atoms with Crippen molar-refractivity contribution in [3.63, 3.8) is 0 Å². The van der Waals surface area contributed by atoms with E-state index in [-0.39, 0.29) is 23.0 Å². The van der Waals surface area contributed by atoms with Gasteiger partial charge in [0.05, 0.1) is 29.1 Å². The lowest BCUT2D eigenvalue weighted by Gasteiger charge is -2.09. The van der Waals surface area contributed by atoms with Crippen LogP contribution in [0.2, 0.25) is 5.02 Å². The highest BCUT2D eigenvalue weighted by molar-refractivity contribution is 8.00. The first kappa shape index (κ1) is 17.3. The Kier molecular flexibility index (Phi) is 6.01. The fourth-order valence-electron chi connectivity index (χ4n) is 1.76. The number of methoxy groups -OCH3 is 1. The highest BCUT2D eigenvalue weighted by Crippen LogP contribution is 2.25. The molecule has 23 heavy (non-hydrogen) atoms. The number of thioether (sulfide) groups is 1. The molecule has 0 aliphatic rings. The van der Waals surface area contributed by atoms with Gasteiger partial charge < -0.3 is 10.1 Å². The molecule has 0 bridgehead atoms. The van der Waals surface area contributed by atoms with Gasteiger partial charge in [-0.25, -0.2) is 9.18 Å². The maximum atomic E-state index is 13.5. The van der Waals surface area contributed by atoms with Gasteiger partial charge in [0.15, 0.2) is 0 Å². The van der Waals surface area contributed by atoms with Gasteiger partial charge in [0.1, 0.15) is 5.82 Å². The number of anilines is 1. The topological polar surface area (TPSA) is 55.4 Å². The van der Waals surface area contributed by atoms with Crippen molar-refractivity contribution in [1.82, 2.24) is 0 Å². The molecule has 0 saturated heterocycles. The molecule has 0 aromatic heterocycles. The summed E-state index contributed by atoms with van der Waals surface area (Å²) in [6.45, 7) is 0. The van der Waals surface area contributed by atoms with Gasteiger partial charge in [-0.15, -0.1) is 11.8 Å². The molecule has 2 rings (SSSR count). The van der Waals surface area contributed by atoms with Gasteiger partial charge in [-0.1, -0.05) is 23.7 Å². The van der Waals surface area contributed by atoms with Gasteiger partial charge in [0.2, 0.25) is 5.91 Å². The first-order valence-corrected chi connectivity index (χ1v) is 7.92. The predicted molar refractivity (Wildman–Crippen MR) is 88.5 cm³/mol. The molecule has 1 N–H and O–H groups in total. The summed E-state index contributed by atoms with van der Waals surface area (Å²) in [5, 5.41) is 2.89. The number of ether oxygens (including phenoxy) is 1. The highest BCUT2D eigenvalue weighted by Gasteiger charge is 2.12. The number of benzene rings is 2. The van der Waals surface area contributed by atoms with Gasteiger partial charge in [0, 0.05) is 4.90 Å². The van der Waals surface area contributed by atoms with E-state index in [4.69, 9.17) is 11.6 Å². The van der Waals surface area contributed by atoms with Crippen LogP contribution in [0.15, 0.2) is 47.4 Å². The van der Waals surface area contributed by atoms with E-state index in [1.165, 1.54) is 31.4 Å². The molecule has 0 atom stereocenters. The van der Waals surface area contributed by atoms with Gasteiger partial charge in [-0.05, 0) is 30.3 Å². The number of nitrogens with one attached hydrogen (secondary N) is 1. The fraction of sp³-hybridized carbons (Fsp3) is 0.125. The van der Waals surface area contributed by atoms with Crippen molar-refractivity contribution in [3.05, 3.63) is 58.9 Å². The second kappa shape index (κ2) is 7.99. The van der Waals surface area contributed by atoms with Gasteiger partial charge in [-0.3, -0.25) is 4.79 Å². The minimum atomic E-state index is -0.530. The Balaban J connectivity index is 2.02. The molecule has 0 fully saturated rings. The predicted octanol–water partition coefficient (Wildman–Crippen LogP) is 4.00. The van der Waals surface area contributed by atoms with Crippen LogP contribution >= 0.6 is 23.4 Å². The molecule has 0 spiro atoms. The SMILES string of the molecule is COC(=O)c1ccc(Cl)c(NC(=O)CSc2ccccc2F)c1. The molecule has 0 saturated carbocycles. The Morgan fingerprint density at radius 3 is 2.70 bits per heavy atom. The van der Waals surface area contributed by atoms with Crippen LogP contribution in [-0.4, -0.2) is 24.7 Å². The summed E-state index contributed by atoms with van der Waals surface area (Å²) in [4.78, 5) is 23.8. The zero-order valence-electron chi connectivity index (χ0n) is 12.1. The first-order valence-electron chi connectivity index (χ1n) is 6.56. The average Bonchev–Trinajstić information content (AvgIpc) is 2.55. The first-order chi connectivity index (χ1) is 11.0. The standard InChI is InChI=1S/C16H13ClFNO3S/c1-22-16(21)10-6-7-11(17)13(8-10)19-15(20)9-23-14-5-3-2-4-12(14)18/h2-8H,9H2,1H3,(H,19,20). The third-order valence-corrected chi connectivity index (χ3v) is 4.24. The molecule has 0 aliphatic carbocycles. The van der Waals surface area contributed by atoms with Crippen LogP contribution in [0.3, 0.4) is 0 Å². The van der Waals surface area contributed by atoms with E-state index in [9.17, 15) is 14.0 Å². The number of halogens is 2. The van der Waals surface area contributed by atoms with Crippen molar-refractivity contribution in [2.45, 2.75) is 4.90 Å². The van der Waals surface area contributed by atoms with Crippen LogP contribution < -0.4 is 5.32 Å². The van der Waals surface area contributed by atoms with E-state index in [0.29, 0.717) is 15.6 Å². The maximum absolute atomic E-state index is 13.5. The van der Waals surface area contributed by atoms with Crippen LogP contribution in [0.25, 0.3) is 0 Å². The lowest BCUT2D eigenvalue weighted by molar-refractivity contribution is -0.113. The Morgan fingerprint density at radius 2 is 2.00 bits per heavy atom. The van der Waals surface area contributed by atoms with Crippen LogP contribution in [0.5, 0.6) is 0 Å².